The van der Waals surface area contributed by atoms with Crippen molar-refractivity contribution in [2.24, 2.45) is 27.9 Å². The Hall–Kier alpha value is -2.89. The summed E-state index contributed by atoms with van der Waals surface area (Å²) in [7, 11) is 0. The fraction of sp³-hybridized carbons (Fsp3) is 0.722. The van der Waals surface area contributed by atoms with Crippen molar-refractivity contribution in [1.29, 1.82) is 0 Å². The molecule has 0 saturated carbocycles. The van der Waals surface area contributed by atoms with E-state index in [1.807, 2.05) is 0 Å². The number of hydrogen-bond donors (Lipinski definition) is 5. The fourth-order valence-electron chi connectivity index (χ4n) is 4.01. The maximum absolute atomic E-state index is 13.1. The third-order valence-electron chi connectivity index (χ3n) is 5.47. The van der Waals surface area contributed by atoms with Crippen molar-refractivity contribution < 1.29 is 19.2 Å². The summed E-state index contributed by atoms with van der Waals surface area (Å²) in [4.78, 5) is 56.5. The highest BCUT2D eigenvalue weighted by Crippen LogP contribution is 2.21. The molecule has 2 saturated heterocycles. The van der Waals surface area contributed by atoms with Crippen molar-refractivity contribution in [3.05, 3.63) is 0 Å². The first-order valence-electron chi connectivity index (χ1n) is 10.2. The number of hydrogen-bond acceptors (Lipinski definition) is 6. The van der Waals surface area contributed by atoms with Gasteiger partial charge in [-0.1, -0.05) is 0 Å². The van der Waals surface area contributed by atoms with Gasteiger partial charge in [0.1, 0.15) is 18.1 Å². The van der Waals surface area contributed by atoms with Crippen LogP contribution in [0.15, 0.2) is 4.99 Å². The van der Waals surface area contributed by atoms with Gasteiger partial charge in [0.15, 0.2) is 5.96 Å². The van der Waals surface area contributed by atoms with Gasteiger partial charge in [0.05, 0.1) is 6.54 Å². The Bertz CT molecular complexity index is 694. The molecule has 12 nitrogen and oxygen atoms in total. The molecule has 30 heavy (non-hydrogen) atoms. The zero-order valence-corrected chi connectivity index (χ0v) is 17.1. The van der Waals surface area contributed by atoms with Crippen molar-refractivity contribution in [2.75, 3.05) is 26.2 Å². The molecule has 168 valence electrons. The maximum Gasteiger partial charge on any atom is 0.245 e. The summed E-state index contributed by atoms with van der Waals surface area (Å²) in [6.45, 7) is 0.961. The van der Waals surface area contributed by atoms with Crippen molar-refractivity contribution in [3.63, 3.8) is 0 Å². The molecule has 2 fully saturated rings. The topological polar surface area (TPSA) is 203 Å². The number of primary amides is 1. The first kappa shape index (κ1) is 23.4. The fourth-order valence-corrected chi connectivity index (χ4v) is 4.01. The number of carbonyl (C=O) groups excluding carboxylic acids is 4. The molecule has 4 amide bonds. The predicted octanol–water partition coefficient (Wildman–Crippen LogP) is -3.05. The Morgan fingerprint density at radius 1 is 1.00 bits per heavy atom. The minimum absolute atomic E-state index is 0.0582. The molecular weight excluding hydrogens is 392 g/mol. The van der Waals surface area contributed by atoms with Gasteiger partial charge in [0.2, 0.25) is 23.6 Å². The predicted molar refractivity (Wildman–Crippen MR) is 110 cm³/mol. The molecule has 0 aromatic carbocycles. The summed E-state index contributed by atoms with van der Waals surface area (Å²) in [5.74, 6) is -1.72. The van der Waals surface area contributed by atoms with Gasteiger partial charge in [-0.25, -0.2) is 0 Å². The molecule has 0 radical (unpaired) electrons. The van der Waals surface area contributed by atoms with Crippen LogP contribution in [0, 0.1) is 0 Å². The minimum atomic E-state index is -0.873. The number of nitrogens with two attached hydrogens (primary N) is 4. The lowest BCUT2D eigenvalue weighted by Crippen LogP contribution is -2.56. The maximum atomic E-state index is 13.1. The molecule has 0 aliphatic carbocycles. The SMILES string of the molecule is NCC(=O)N1CCCC1C(=O)NC(CCCN=C(N)N)C(=O)N1CCCC1C(N)=O. The van der Waals surface area contributed by atoms with Gasteiger partial charge >= 0.3 is 0 Å². The number of rotatable bonds is 9. The van der Waals surface area contributed by atoms with Crippen LogP contribution in [0.25, 0.3) is 0 Å². The van der Waals surface area contributed by atoms with E-state index in [4.69, 9.17) is 22.9 Å². The van der Waals surface area contributed by atoms with Crippen LogP contribution in [0.4, 0.5) is 0 Å². The van der Waals surface area contributed by atoms with E-state index in [2.05, 4.69) is 10.3 Å². The summed E-state index contributed by atoms with van der Waals surface area (Å²) < 4.78 is 0. The van der Waals surface area contributed by atoms with Crippen LogP contribution >= 0.6 is 0 Å². The van der Waals surface area contributed by atoms with Crippen molar-refractivity contribution in [2.45, 2.75) is 56.7 Å². The second-order valence-electron chi connectivity index (χ2n) is 7.55. The van der Waals surface area contributed by atoms with E-state index >= 15 is 0 Å². The van der Waals surface area contributed by atoms with Gasteiger partial charge in [0, 0.05) is 19.6 Å². The van der Waals surface area contributed by atoms with E-state index in [0.717, 1.165) is 0 Å². The molecule has 9 N–H and O–H groups in total. The molecule has 0 bridgehead atoms. The summed E-state index contributed by atoms with van der Waals surface area (Å²) in [6, 6.07) is -2.22. The van der Waals surface area contributed by atoms with Gasteiger partial charge in [-0.2, -0.15) is 0 Å². The lowest BCUT2D eigenvalue weighted by Gasteiger charge is -2.30. The first-order chi connectivity index (χ1) is 14.3. The normalized spacial score (nSPS) is 21.9. The van der Waals surface area contributed by atoms with Crippen molar-refractivity contribution >= 4 is 29.6 Å². The highest BCUT2D eigenvalue weighted by molar-refractivity contribution is 5.94. The molecule has 3 unspecified atom stereocenters. The van der Waals surface area contributed by atoms with Gasteiger partial charge in [-0.3, -0.25) is 24.2 Å². The number of carbonyl (C=O) groups is 4. The Labute approximate surface area is 175 Å². The van der Waals surface area contributed by atoms with Gasteiger partial charge < -0.3 is 38.1 Å². The third kappa shape index (κ3) is 5.81. The monoisotopic (exact) mass is 424 g/mol. The molecule has 0 aromatic heterocycles. The number of nitrogens with one attached hydrogen (secondary N) is 1. The molecule has 0 aromatic rings. The van der Waals surface area contributed by atoms with Crippen LogP contribution < -0.4 is 28.3 Å². The Balaban J connectivity index is 2.11. The lowest BCUT2D eigenvalue weighted by atomic mass is 10.1. The molecule has 12 heteroatoms. The summed E-state index contributed by atoms with van der Waals surface area (Å²) in [5, 5.41) is 2.76. The molecule has 0 spiro atoms. The highest BCUT2D eigenvalue weighted by atomic mass is 16.2. The molecule has 2 aliphatic rings. The van der Waals surface area contributed by atoms with E-state index in [9.17, 15) is 19.2 Å². The smallest absolute Gasteiger partial charge is 0.245 e. The van der Waals surface area contributed by atoms with E-state index < -0.39 is 29.9 Å². The number of nitrogens with zero attached hydrogens (tertiary/aromatic N) is 3. The molecule has 2 aliphatic heterocycles. The van der Waals surface area contributed by atoms with Crippen LogP contribution in [0.1, 0.15) is 38.5 Å². The van der Waals surface area contributed by atoms with Crippen LogP contribution in [-0.2, 0) is 19.2 Å². The summed E-state index contributed by atoms with van der Waals surface area (Å²) in [5.41, 5.74) is 21.5. The second-order valence-corrected chi connectivity index (χ2v) is 7.55. The molecule has 2 rings (SSSR count). The van der Waals surface area contributed by atoms with E-state index in [1.54, 1.807) is 0 Å². The van der Waals surface area contributed by atoms with Crippen molar-refractivity contribution in [3.8, 4) is 0 Å². The first-order valence-corrected chi connectivity index (χ1v) is 10.2. The molecule has 2 heterocycles. The number of amides is 4. The van der Waals surface area contributed by atoms with Crippen molar-refractivity contribution in [1.82, 2.24) is 15.1 Å². The van der Waals surface area contributed by atoms with Crippen LogP contribution in [0.2, 0.25) is 0 Å². The quantitative estimate of drug-likeness (QED) is 0.147. The van der Waals surface area contributed by atoms with Crippen LogP contribution in [0.5, 0.6) is 0 Å². The van der Waals surface area contributed by atoms with E-state index in [1.165, 1.54) is 9.80 Å². The molecular formula is C18H32N8O4. The Kier molecular flexibility index (Phi) is 8.39. The minimum Gasteiger partial charge on any atom is -0.370 e. The highest BCUT2D eigenvalue weighted by Gasteiger charge is 2.39. The Morgan fingerprint density at radius 2 is 1.63 bits per heavy atom. The Morgan fingerprint density at radius 3 is 2.23 bits per heavy atom. The largest absolute Gasteiger partial charge is 0.370 e. The third-order valence-corrected chi connectivity index (χ3v) is 5.47. The zero-order chi connectivity index (χ0) is 22.3. The molecule has 3 atom stereocenters. The second kappa shape index (κ2) is 10.8. The van der Waals surface area contributed by atoms with Gasteiger partial charge in [-0.15, -0.1) is 0 Å². The van der Waals surface area contributed by atoms with Gasteiger partial charge in [-0.05, 0) is 38.5 Å². The van der Waals surface area contributed by atoms with Crippen LogP contribution in [-0.4, -0.2) is 83.7 Å². The average molecular weight is 425 g/mol. The van der Waals surface area contributed by atoms with E-state index in [0.29, 0.717) is 51.7 Å². The number of guanidine groups is 1. The summed E-state index contributed by atoms with van der Waals surface area (Å²) >= 11 is 0. The van der Waals surface area contributed by atoms with E-state index in [-0.39, 0.29) is 30.7 Å². The number of likely N-dealkylation sites (tertiary alicyclic amines) is 2. The average Bonchev–Trinajstić information content (AvgIpc) is 3.38. The number of aliphatic imine (C=N–C) groups is 1. The summed E-state index contributed by atoms with van der Waals surface area (Å²) in [6.07, 6.45) is 3.07. The van der Waals surface area contributed by atoms with Crippen LogP contribution in [0.3, 0.4) is 0 Å². The lowest BCUT2D eigenvalue weighted by molar-refractivity contribution is -0.142. The zero-order valence-electron chi connectivity index (χ0n) is 17.1. The standard InChI is InChI=1S/C18H32N8O4/c19-10-14(27)25-8-3-6-13(25)16(29)24-11(4-1-7-23-18(21)22)17(30)26-9-2-5-12(26)15(20)28/h11-13H,1-10,19H2,(H2,20,28)(H,24,29)(H4,21,22,23). The van der Waals surface area contributed by atoms with Gasteiger partial charge in [0.25, 0.3) is 0 Å².